The van der Waals surface area contributed by atoms with Gasteiger partial charge in [-0.05, 0) is 0 Å². The number of carbonyl (C=O) groups is 1. The molecule has 0 aliphatic rings. The van der Waals surface area contributed by atoms with E-state index in [0.29, 0.717) is 5.82 Å². The van der Waals surface area contributed by atoms with E-state index in [1.54, 1.807) is 6.20 Å². The zero-order chi connectivity index (χ0) is 9.40. The van der Waals surface area contributed by atoms with Gasteiger partial charge in [0, 0.05) is 20.7 Å². The summed E-state index contributed by atoms with van der Waals surface area (Å²) in [6.45, 7) is 5.43. The molecule has 4 nitrogen and oxygen atoms in total. The average molecular weight is 169 g/mol. The highest BCUT2D eigenvalue weighted by Crippen LogP contribution is 1.94. The van der Waals surface area contributed by atoms with Crippen LogP contribution in [0.2, 0.25) is 0 Å². The van der Waals surface area contributed by atoms with Crippen molar-refractivity contribution in [2.24, 2.45) is 0 Å². The lowest BCUT2D eigenvalue weighted by Crippen LogP contribution is -2.07. The molecule has 1 aromatic rings. The van der Waals surface area contributed by atoms with E-state index in [0.717, 1.165) is 0 Å². The van der Waals surface area contributed by atoms with Crippen LogP contribution in [0.15, 0.2) is 18.6 Å². The van der Waals surface area contributed by atoms with Crippen LogP contribution in [0.3, 0.4) is 0 Å². The largest absolute Gasteiger partial charge is 0.310 e. The van der Waals surface area contributed by atoms with Crippen molar-refractivity contribution < 1.29 is 6.22 Å². The molecule has 1 N–H and O–H groups in total. The summed E-state index contributed by atoms with van der Waals surface area (Å²) in [5.74, 6) is 0.343. The summed E-state index contributed by atoms with van der Waals surface area (Å²) >= 11 is 0. The Kier molecular flexibility index (Phi) is 5.51. The summed E-state index contributed by atoms with van der Waals surface area (Å²) in [7, 11) is 0. The van der Waals surface area contributed by atoms with Crippen molar-refractivity contribution in [3.05, 3.63) is 18.6 Å². The molecule has 1 amide bonds. The van der Waals surface area contributed by atoms with Crippen LogP contribution in [-0.2, 0) is 4.79 Å². The van der Waals surface area contributed by atoms with Gasteiger partial charge in [0.15, 0.2) is 5.82 Å². The molecule has 0 aliphatic carbocycles. The van der Waals surface area contributed by atoms with Gasteiger partial charge in [-0.25, -0.2) is 4.98 Å². The van der Waals surface area contributed by atoms with Crippen molar-refractivity contribution in [3.63, 3.8) is 0 Å². The zero-order valence-corrected chi connectivity index (χ0v) is 7.53. The van der Waals surface area contributed by atoms with Gasteiger partial charge in [0.25, 0.3) is 0 Å². The standard InChI is InChI=1S/C6H7N3O.C2H6.H2/c1-5(10)9-6-4-7-2-3-8-6;1-2;/h2-4H,1H3,(H,8,9,10);1-2H3;1H. The maximum absolute atomic E-state index is 10.4. The van der Waals surface area contributed by atoms with Crippen LogP contribution in [0.4, 0.5) is 5.82 Å². The Bertz CT molecular complexity index is 228. The first-order valence-corrected chi connectivity index (χ1v) is 3.82. The second-order valence-corrected chi connectivity index (χ2v) is 1.77. The second kappa shape index (κ2) is 6.27. The Morgan fingerprint density at radius 2 is 2.17 bits per heavy atom. The summed E-state index contributed by atoms with van der Waals surface area (Å²) in [6, 6.07) is 0. The van der Waals surface area contributed by atoms with Crippen molar-refractivity contribution >= 4 is 11.7 Å². The molecule has 0 saturated carbocycles. The van der Waals surface area contributed by atoms with E-state index in [1.165, 1.54) is 19.3 Å². The normalized spacial score (nSPS) is 7.92. The van der Waals surface area contributed by atoms with Crippen LogP contribution in [0.1, 0.15) is 22.2 Å². The van der Waals surface area contributed by atoms with Gasteiger partial charge < -0.3 is 5.32 Å². The highest BCUT2D eigenvalue weighted by molar-refractivity contribution is 5.87. The number of rotatable bonds is 1. The fourth-order valence-corrected chi connectivity index (χ4v) is 0.544. The third kappa shape index (κ3) is 4.38. The summed E-state index contributed by atoms with van der Waals surface area (Å²) < 4.78 is 0. The van der Waals surface area contributed by atoms with Gasteiger partial charge in [0.2, 0.25) is 5.91 Å². The predicted octanol–water partition coefficient (Wildman–Crippen LogP) is 1.71. The first-order valence-electron chi connectivity index (χ1n) is 3.82. The SMILES string of the molecule is CC.CC(=O)Nc1cnccn1.[HH]. The van der Waals surface area contributed by atoms with E-state index in [1.807, 2.05) is 13.8 Å². The van der Waals surface area contributed by atoms with Gasteiger partial charge in [-0.2, -0.15) is 0 Å². The molecule has 0 atom stereocenters. The lowest BCUT2D eigenvalue weighted by atomic mass is 10.6. The molecule has 0 spiro atoms. The number of nitrogens with one attached hydrogen (secondary N) is 1. The van der Waals surface area contributed by atoms with E-state index in [9.17, 15) is 4.79 Å². The topological polar surface area (TPSA) is 54.9 Å². The van der Waals surface area contributed by atoms with Crippen molar-refractivity contribution in [2.45, 2.75) is 20.8 Å². The van der Waals surface area contributed by atoms with Gasteiger partial charge in [-0.1, -0.05) is 13.8 Å². The average Bonchev–Trinajstić information content (AvgIpc) is 2.08. The molecule has 68 valence electrons. The Morgan fingerprint density at radius 1 is 1.50 bits per heavy atom. The minimum Gasteiger partial charge on any atom is -0.310 e. The molecule has 0 saturated heterocycles. The maximum atomic E-state index is 10.4. The van der Waals surface area contributed by atoms with Gasteiger partial charge >= 0.3 is 0 Å². The lowest BCUT2D eigenvalue weighted by Gasteiger charge is -1.96. The molecule has 0 aromatic carbocycles. The lowest BCUT2D eigenvalue weighted by molar-refractivity contribution is -0.114. The molecule has 4 heteroatoms. The number of carbonyl (C=O) groups excluding carboxylic acids is 1. The second-order valence-electron chi connectivity index (χ2n) is 1.77. The van der Waals surface area contributed by atoms with Crippen LogP contribution in [0.25, 0.3) is 0 Å². The number of hydrogen-bond acceptors (Lipinski definition) is 3. The van der Waals surface area contributed by atoms with Crippen LogP contribution in [0.5, 0.6) is 0 Å². The summed E-state index contributed by atoms with van der Waals surface area (Å²) in [5, 5.41) is 2.49. The Balaban J connectivity index is 0. The number of amides is 1. The molecule has 0 fully saturated rings. The molecule has 0 unspecified atom stereocenters. The van der Waals surface area contributed by atoms with Crippen LogP contribution in [-0.4, -0.2) is 15.9 Å². The molecule has 1 rings (SSSR count). The molecular formula is C8H15N3O. The highest BCUT2D eigenvalue weighted by Gasteiger charge is 1.92. The van der Waals surface area contributed by atoms with E-state index >= 15 is 0 Å². The minimum atomic E-state index is -0.138. The zero-order valence-electron chi connectivity index (χ0n) is 7.53. The number of hydrogen-bond donors (Lipinski definition) is 1. The molecule has 12 heavy (non-hydrogen) atoms. The monoisotopic (exact) mass is 169 g/mol. The van der Waals surface area contributed by atoms with Crippen LogP contribution < -0.4 is 5.32 Å². The van der Waals surface area contributed by atoms with Crippen molar-refractivity contribution in [1.82, 2.24) is 9.97 Å². The van der Waals surface area contributed by atoms with Crippen molar-refractivity contribution in [2.75, 3.05) is 5.32 Å². The number of aromatic nitrogens is 2. The number of anilines is 1. The minimum absolute atomic E-state index is 0. The maximum Gasteiger partial charge on any atom is 0.222 e. The fraction of sp³-hybridized carbons (Fsp3) is 0.375. The van der Waals surface area contributed by atoms with Gasteiger partial charge in [0.1, 0.15) is 0 Å². The van der Waals surface area contributed by atoms with Crippen LogP contribution in [0, 0.1) is 0 Å². The highest BCUT2D eigenvalue weighted by atomic mass is 16.1. The first kappa shape index (κ1) is 10.6. The van der Waals surface area contributed by atoms with Crippen molar-refractivity contribution in [3.8, 4) is 0 Å². The van der Waals surface area contributed by atoms with Crippen LogP contribution >= 0.6 is 0 Å². The quantitative estimate of drug-likeness (QED) is 0.696. The summed E-state index contributed by atoms with van der Waals surface area (Å²) in [6.07, 6.45) is 4.55. The van der Waals surface area contributed by atoms with Gasteiger partial charge in [-0.15, -0.1) is 0 Å². The van der Waals surface area contributed by atoms with E-state index < -0.39 is 0 Å². The Hall–Kier alpha value is -1.45. The van der Waals surface area contributed by atoms with Crippen molar-refractivity contribution in [1.29, 1.82) is 0 Å². The third-order valence-corrected chi connectivity index (χ3v) is 0.867. The third-order valence-electron chi connectivity index (χ3n) is 0.867. The Morgan fingerprint density at radius 3 is 2.58 bits per heavy atom. The van der Waals surface area contributed by atoms with E-state index in [-0.39, 0.29) is 7.33 Å². The molecule has 0 bridgehead atoms. The first-order chi connectivity index (χ1) is 5.79. The molecular weight excluding hydrogens is 154 g/mol. The predicted molar refractivity (Wildman–Crippen MR) is 49.8 cm³/mol. The smallest absolute Gasteiger partial charge is 0.222 e. The summed E-state index contributed by atoms with van der Waals surface area (Å²) in [5.41, 5.74) is 0. The fourth-order valence-electron chi connectivity index (χ4n) is 0.544. The summed E-state index contributed by atoms with van der Waals surface area (Å²) in [4.78, 5) is 18.0. The molecule has 1 aromatic heterocycles. The van der Waals surface area contributed by atoms with Gasteiger partial charge in [-0.3, -0.25) is 9.78 Å². The van der Waals surface area contributed by atoms with E-state index in [4.69, 9.17) is 0 Å². The number of nitrogens with zero attached hydrogens (tertiary/aromatic N) is 2. The molecule has 0 aliphatic heterocycles. The molecule has 1 heterocycles. The van der Waals surface area contributed by atoms with E-state index in [2.05, 4.69) is 15.3 Å². The van der Waals surface area contributed by atoms with Gasteiger partial charge in [0.05, 0.1) is 6.20 Å². The Labute approximate surface area is 73.5 Å². The molecule has 0 radical (unpaired) electrons.